The number of carbonyl (C=O) groups excluding carboxylic acids is 1. The Kier molecular flexibility index (Phi) is 4.32. The summed E-state index contributed by atoms with van der Waals surface area (Å²) in [6.07, 6.45) is 0. The van der Waals surface area contributed by atoms with Crippen molar-refractivity contribution in [1.82, 2.24) is 5.32 Å². The monoisotopic (exact) mass is 221 g/mol. The summed E-state index contributed by atoms with van der Waals surface area (Å²) in [7, 11) is 0. The van der Waals surface area contributed by atoms with E-state index in [1.807, 2.05) is 30.3 Å². The van der Waals surface area contributed by atoms with Crippen LogP contribution in [0.15, 0.2) is 35.5 Å². The quantitative estimate of drug-likeness (QED) is 0.302. The van der Waals surface area contributed by atoms with Crippen LogP contribution in [0.25, 0.3) is 0 Å². The number of carbonyl (C=O) groups is 1. The van der Waals surface area contributed by atoms with Crippen LogP contribution in [0.1, 0.15) is 12.5 Å². The van der Waals surface area contributed by atoms with Crippen molar-refractivity contribution < 1.29 is 10.0 Å². The third-order valence-electron chi connectivity index (χ3n) is 2.26. The van der Waals surface area contributed by atoms with Gasteiger partial charge in [-0.3, -0.25) is 4.79 Å². The molecule has 0 saturated heterocycles. The number of oxime groups is 1. The second kappa shape index (κ2) is 5.75. The van der Waals surface area contributed by atoms with E-state index in [-0.39, 0.29) is 11.7 Å². The predicted molar refractivity (Wildman–Crippen MR) is 60.9 cm³/mol. The Balaban J connectivity index is 2.48. The normalized spacial score (nSPS) is 13.2. The van der Waals surface area contributed by atoms with Crippen LogP contribution in [0.4, 0.5) is 0 Å². The molecule has 0 aromatic heterocycles. The molecule has 0 aliphatic carbocycles. The number of benzene rings is 1. The van der Waals surface area contributed by atoms with Gasteiger partial charge in [0.15, 0.2) is 5.84 Å². The molecule has 1 rings (SSSR count). The molecule has 0 aliphatic rings. The van der Waals surface area contributed by atoms with Gasteiger partial charge < -0.3 is 16.3 Å². The van der Waals surface area contributed by atoms with E-state index in [1.54, 1.807) is 6.92 Å². The maximum atomic E-state index is 11.5. The number of rotatable bonds is 4. The highest BCUT2D eigenvalue weighted by atomic mass is 16.4. The molecule has 0 saturated carbocycles. The molecule has 0 fully saturated rings. The van der Waals surface area contributed by atoms with Crippen molar-refractivity contribution in [3.63, 3.8) is 0 Å². The van der Waals surface area contributed by atoms with Gasteiger partial charge in [-0.05, 0) is 12.5 Å². The lowest BCUT2D eigenvalue weighted by atomic mass is 10.1. The number of hydrogen-bond donors (Lipinski definition) is 3. The molecule has 0 spiro atoms. The third kappa shape index (κ3) is 3.27. The van der Waals surface area contributed by atoms with E-state index in [0.29, 0.717) is 6.54 Å². The number of nitrogens with one attached hydrogen (secondary N) is 1. The molecule has 0 aliphatic heterocycles. The molecule has 0 bridgehead atoms. The fourth-order valence-electron chi connectivity index (χ4n) is 1.16. The Morgan fingerprint density at radius 2 is 2.12 bits per heavy atom. The Bertz CT molecular complexity index is 376. The summed E-state index contributed by atoms with van der Waals surface area (Å²) in [4.78, 5) is 11.5. The van der Waals surface area contributed by atoms with Crippen molar-refractivity contribution in [2.24, 2.45) is 16.8 Å². The molecule has 1 amide bonds. The van der Waals surface area contributed by atoms with Gasteiger partial charge in [-0.2, -0.15) is 0 Å². The lowest BCUT2D eigenvalue weighted by Crippen LogP contribution is -2.36. The lowest BCUT2D eigenvalue weighted by Gasteiger charge is -2.10. The van der Waals surface area contributed by atoms with Crippen molar-refractivity contribution in [3.8, 4) is 0 Å². The lowest BCUT2D eigenvalue weighted by molar-refractivity contribution is -0.122. The predicted octanol–water partition coefficient (Wildman–Crippen LogP) is 0.685. The fourth-order valence-corrected chi connectivity index (χ4v) is 1.16. The summed E-state index contributed by atoms with van der Waals surface area (Å²) in [5.74, 6) is -0.988. The smallest absolute Gasteiger partial charge is 0.230 e. The molecule has 1 aromatic rings. The highest BCUT2D eigenvalue weighted by molar-refractivity contribution is 6.01. The van der Waals surface area contributed by atoms with Crippen LogP contribution in [0, 0.1) is 5.92 Å². The average molecular weight is 221 g/mol. The second-order valence-corrected chi connectivity index (χ2v) is 3.45. The first-order chi connectivity index (χ1) is 7.65. The van der Waals surface area contributed by atoms with Crippen LogP contribution in [0.2, 0.25) is 0 Å². The van der Waals surface area contributed by atoms with Gasteiger partial charge in [-0.1, -0.05) is 35.5 Å². The van der Waals surface area contributed by atoms with Gasteiger partial charge in [0.05, 0.1) is 5.92 Å². The van der Waals surface area contributed by atoms with Gasteiger partial charge in [0.25, 0.3) is 0 Å². The Labute approximate surface area is 94.0 Å². The summed E-state index contributed by atoms with van der Waals surface area (Å²) in [6, 6.07) is 9.52. The first-order valence-corrected chi connectivity index (χ1v) is 4.94. The first kappa shape index (κ1) is 12.0. The van der Waals surface area contributed by atoms with E-state index in [4.69, 9.17) is 10.9 Å². The van der Waals surface area contributed by atoms with Gasteiger partial charge in [0.2, 0.25) is 5.91 Å². The molecular weight excluding hydrogens is 206 g/mol. The van der Waals surface area contributed by atoms with Crippen molar-refractivity contribution in [1.29, 1.82) is 0 Å². The van der Waals surface area contributed by atoms with E-state index >= 15 is 0 Å². The van der Waals surface area contributed by atoms with Gasteiger partial charge in [0.1, 0.15) is 0 Å². The van der Waals surface area contributed by atoms with E-state index in [0.717, 1.165) is 5.56 Å². The summed E-state index contributed by atoms with van der Waals surface area (Å²) in [5.41, 5.74) is 6.33. The van der Waals surface area contributed by atoms with Crippen LogP contribution in [0.5, 0.6) is 0 Å². The average Bonchev–Trinajstić information content (AvgIpc) is 2.35. The van der Waals surface area contributed by atoms with Crippen molar-refractivity contribution in [2.75, 3.05) is 0 Å². The minimum Gasteiger partial charge on any atom is -0.409 e. The van der Waals surface area contributed by atoms with Gasteiger partial charge in [-0.15, -0.1) is 0 Å². The van der Waals surface area contributed by atoms with E-state index < -0.39 is 5.92 Å². The fraction of sp³-hybridized carbons (Fsp3) is 0.273. The van der Waals surface area contributed by atoms with Gasteiger partial charge in [0, 0.05) is 6.54 Å². The molecule has 1 unspecified atom stereocenters. The van der Waals surface area contributed by atoms with Gasteiger partial charge >= 0.3 is 0 Å². The molecule has 86 valence electrons. The zero-order valence-electron chi connectivity index (χ0n) is 9.05. The molecule has 16 heavy (non-hydrogen) atoms. The molecule has 1 atom stereocenters. The highest BCUT2D eigenvalue weighted by Crippen LogP contribution is 1.99. The molecule has 0 radical (unpaired) electrons. The maximum absolute atomic E-state index is 11.5. The Hall–Kier alpha value is -2.04. The van der Waals surface area contributed by atoms with E-state index in [1.165, 1.54) is 0 Å². The molecule has 5 nitrogen and oxygen atoms in total. The zero-order valence-corrected chi connectivity index (χ0v) is 9.05. The van der Waals surface area contributed by atoms with E-state index in [9.17, 15) is 4.79 Å². The second-order valence-electron chi connectivity index (χ2n) is 3.45. The van der Waals surface area contributed by atoms with Crippen molar-refractivity contribution >= 4 is 11.7 Å². The molecule has 4 N–H and O–H groups in total. The maximum Gasteiger partial charge on any atom is 0.230 e. The number of amides is 1. The Morgan fingerprint density at radius 1 is 1.50 bits per heavy atom. The molecular formula is C11H15N3O2. The number of hydrogen-bond acceptors (Lipinski definition) is 3. The minimum atomic E-state index is -0.631. The van der Waals surface area contributed by atoms with Crippen LogP contribution in [0.3, 0.4) is 0 Å². The molecule has 5 heteroatoms. The van der Waals surface area contributed by atoms with Crippen LogP contribution in [-0.2, 0) is 11.3 Å². The standard InChI is InChI=1S/C11H15N3O2/c1-8(10(12)14-16)11(15)13-7-9-5-3-2-4-6-9/h2-6,8,16H,7H2,1H3,(H2,12,14)(H,13,15). The SMILES string of the molecule is CC(C(=O)NCc1ccccc1)C(N)=NO. The van der Waals surface area contributed by atoms with Crippen LogP contribution in [-0.4, -0.2) is 17.0 Å². The molecule has 0 heterocycles. The first-order valence-electron chi connectivity index (χ1n) is 4.94. The largest absolute Gasteiger partial charge is 0.409 e. The summed E-state index contributed by atoms with van der Waals surface area (Å²) < 4.78 is 0. The zero-order chi connectivity index (χ0) is 12.0. The van der Waals surface area contributed by atoms with Crippen molar-refractivity contribution in [3.05, 3.63) is 35.9 Å². The summed E-state index contributed by atoms with van der Waals surface area (Å²) in [6.45, 7) is 2.01. The van der Waals surface area contributed by atoms with Crippen molar-refractivity contribution in [2.45, 2.75) is 13.5 Å². The number of nitrogens with zero attached hydrogens (tertiary/aromatic N) is 1. The van der Waals surface area contributed by atoms with Crippen LogP contribution < -0.4 is 11.1 Å². The third-order valence-corrected chi connectivity index (χ3v) is 2.26. The summed E-state index contributed by atoms with van der Waals surface area (Å²) in [5, 5.41) is 13.9. The highest BCUT2D eigenvalue weighted by Gasteiger charge is 2.16. The summed E-state index contributed by atoms with van der Waals surface area (Å²) >= 11 is 0. The van der Waals surface area contributed by atoms with E-state index in [2.05, 4.69) is 10.5 Å². The van der Waals surface area contributed by atoms with Gasteiger partial charge in [-0.25, -0.2) is 0 Å². The molecule has 1 aromatic carbocycles. The Morgan fingerprint density at radius 3 is 2.69 bits per heavy atom. The number of nitrogens with two attached hydrogens (primary N) is 1. The number of amidine groups is 1. The van der Waals surface area contributed by atoms with Crippen LogP contribution >= 0.6 is 0 Å². The minimum absolute atomic E-state index is 0.0921. The topological polar surface area (TPSA) is 87.7 Å².